The van der Waals surface area contributed by atoms with Gasteiger partial charge < -0.3 is 10.6 Å². The van der Waals surface area contributed by atoms with Crippen molar-refractivity contribution < 1.29 is 4.92 Å². The second kappa shape index (κ2) is 8.07. The van der Waals surface area contributed by atoms with Crippen molar-refractivity contribution in [3.05, 3.63) is 46.3 Å². The third-order valence-corrected chi connectivity index (χ3v) is 3.45. The smallest absolute Gasteiger partial charge is 0.353 e. The number of hydrogen-bond acceptors (Lipinski definition) is 6. The lowest BCUT2D eigenvalue weighted by Crippen LogP contribution is -2.09. The fourth-order valence-electron chi connectivity index (χ4n) is 2.12. The van der Waals surface area contributed by atoms with Gasteiger partial charge in [-0.05, 0) is 30.5 Å². The van der Waals surface area contributed by atoms with Crippen LogP contribution in [0.15, 0.2) is 30.6 Å². The molecule has 0 saturated heterocycles. The normalized spacial score (nSPS) is 10.3. The van der Waals surface area contributed by atoms with Gasteiger partial charge in [0.1, 0.15) is 6.33 Å². The van der Waals surface area contributed by atoms with Crippen LogP contribution in [0.25, 0.3) is 0 Å². The Hall–Kier alpha value is -2.70. The molecule has 2 rings (SSSR count). The molecule has 2 N–H and O–H groups in total. The van der Waals surface area contributed by atoms with Crippen LogP contribution in [0.5, 0.6) is 0 Å². The Morgan fingerprint density at radius 1 is 1.13 bits per heavy atom. The molecule has 0 amide bonds. The van der Waals surface area contributed by atoms with Crippen molar-refractivity contribution in [3.8, 4) is 0 Å². The Kier molecular flexibility index (Phi) is 5.85. The summed E-state index contributed by atoms with van der Waals surface area (Å²) in [4.78, 5) is 19.0. The number of aromatic nitrogens is 2. The van der Waals surface area contributed by atoms with Crippen molar-refractivity contribution in [2.75, 3.05) is 17.2 Å². The standard InChI is InChI=1S/C16H21N5O2/c1-3-5-10-17-15-14(21(22)23)16(19-11-18-15)20-13-8-6-12(4-2)7-9-13/h6-9,11H,3-5,10H2,1-2H3,(H2,17,18,19,20). The maximum Gasteiger partial charge on any atom is 0.353 e. The summed E-state index contributed by atoms with van der Waals surface area (Å²) >= 11 is 0. The molecule has 7 nitrogen and oxygen atoms in total. The first-order valence-corrected chi connectivity index (χ1v) is 7.75. The number of nitrogens with one attached hydrogen (secondary N) is 2. The molecule has 0 aliphatic heterocycles. The van der Waals surface area contributed by atoms with Gasteiger partial charge >= 0.3 is 5.69 Å². The zero-order chi connectivity index (χ0) is 16.7. The number of hydrogen-bond donors (Lipinski definition) is 2. The van der Waals surface area contributed by atoms with Gasteiger partial charge in [0.2, 0.25) is 11.6 Å². The maximum absolute atomic E-state index is 11.4. The minimum Gasteiger partial charge on any atom is -0.364 e. The summed E-state index contributed by atoms with van der Waals surface area (Å²) in [7, 11) is 0. The van der Waals surface area contributed by atoms with Gasteiger partial charge in [-0.3, -0.25) is 10.1 Å². The number of nitrogens with zero attached hydrogens (tertiary/aromatic N) is 3. The van der Waals surface area contributed by atoms with Crippen LogP contribution in [0.4, 0.5) is 23.0 Å². The third kappa shape index (κ3) is 4.38. The van der Waals surface area contributed by atoms with E-state index in [0.717, 1.165) is 24.9 Å². The van der Waals surface area contributed by atoms with E-state index in [-0.39, 0.29) is 17.3 Å². The number of anilines is 3. The lowest BCUT2D eigenvalue weighted by Gasteiger charge is -2.10. The molecule has 1 aromatic carbocycles. The van der Waals surface area contributed by atoms with Gasteiger partial charge in [-0.2, -0.15) is 0 Å². The third-order valence-electron chi connectivity index (χ3n) is 3.45. The minimum atomic E-state index is -0.461. The van der Waals surface area contributed by atoms with E-state index in [1.807, 2.05) is 24.3 Å². The highest BCUT2D eigenvalue weighted by Gasteiger charge is 2.22. The Bertz CT molecular complexity index is 658. The van der Waals surface area contributed by atoms with Crippen LogP contribution in [0, 0.1) is 10.1 Å². The predicted molar refractivity (Wildman–Crippen MR) is 91.2 cm³/mol. The van der Waals surface area contributed by atoms with Crippen molar-refractivity contribution in [2.45, 2.75) is 33.1 Å². The molecular formula is C16H21N5O2. The average molecular weight is 315 g/mol. The van der Waals surface area contributed by atoms with Gasteiger partial charge in [-0.15, -0.1) is 0 Å². The summed E-state index contributed by atoms with van der Waals surface area (Å²) in [6.45, 7) is 4.77. The second-order valence-electron chi connectivity index (χ2n) is 5.13. The Balaban J connectivity index is 2.25. The molecule has 0 bridgehead atoms. The molecule has 23 heavy (non-hydrogen) atoms. The van der Waals surface area contributed by atoms with Crippen LogP contribution in [-0.2, 0) is 6.42 Å². The average Bonchev–Trinajstić information content (AvgIpc) is 2.55. The molecule has 2 aromatic rings. The number of nitro groups is 1. The van der Waals surface area contributed by atoms with E-state index in [1.54, 1.807) is 0 Å². The first kappa shape index (κ1) is 16.7. The quantitative estimate of drug-likeness (QED) is 0.436. The summed E-state index contributed by atoms with van der Waals surface area (Å²) in [6, 6.07) is 7.73. The van der Waals surface area contributed by atoms with Gasteiger partial charge in [0, 0.05) is 12.2 Å². The van der Waals surface area contributed by atoms with E-state index >= 15 is 0 Å². The predicted octanol–water partition coefficient (Wildman–Crippen LogP) is 3.90. The fourth-order valence-corrected chi connectivity index (χ4v) is 2.12. The van der Waals surface area contributed by atoms with Crippen molar-refractivity contribution in [3.63, 3.8) is 0 Å². The number of rotatable bonds is 8. The molecule has 0 spiro atoms. The summed E-state index contributed by atoms with van der Waals surface area (Å²) in [5.74, 6) is 0.430. The molecular weight excluding hydrogens is 294 g/mol. The number of unbranched alkanes of at least 4 members (excludes halogenated alkanes) is 1. The van der Waals surface area contributed by atoms with Crippen LogP contribution in [0.1, 0.15) is 32.3 Å². The zero-order valence-corrected chi connectivity index (χ0v) is 13.4. The lowest BCUT2D eigenvalue weighted by atomic mass is 10.1. The van der Waals surface area contributed by atoms with Crippen LogP contribution in [0.2, 0.25) is 0 Å². The van der Waals surface area contributed by atoms with E-state index in [1.165, 1.54) is 11.9 Å². The Labute approximate surface area is 135 Å². The van der Waals surface area contributed by atoms with Gasteiger partial charge in [-0.25, -0.2) is 9.97 Å². The van der Waals surface area contributed by atoms with Crippen LogP contribution in [0.3, 0.4) is 0 Å². The summed E-state index contributed by atoms with van der Waals surface area (Å²) in [6.07, 6.45) is 4.19. The van der Waals surface area contributed by atoms with Gasteiger partial charge in [0.05, 0.1) is 4.92 Å². The van der Waals surface area contributed by atoms with E-state index < -0.39 is 4.92 Å². The number of aryl methyl sites for hydroxylation is 1. The lowest BCUT2D eigenvalue weighted by molar-refractivity contribution is -0.383. The molecule has 7 heteroatoms. The molecule has 122 valence electrons. The maximum atomic E-state index is 11.4. The molecule has 0 fully saturated rings. The second-order valence-corrected chi connectivity index (χ2v) is 5.13. The number of benzene rings is 1. The largest absolute Gasteiger partial charge is 0.364 e. The minimum absolute atomic E-state index is 0.136. The molecule has 0 unspecified atom stereocenters. The highest BCUT2D eigenvalue weighted by molar-refractivity contribution is 5.73. The van der Waals surface area contributed by atoms with Crippen molar-refractivity contribution in [1.29, 1.82) is 0 Å². The Morgan fingerprint density at radius 2 is 1.83 bits per heavy atom. The van der Waals surface area contributed by atoms with E-state index in [4.69, 9.17) is 0 Å². The van der Waals surface area contributed by atoms with Crippen molar-refractivity contribution in [1.82, 2.24) is 9.97 Å². The SMILES string of the molecule is CCCCNc1ncnc(Nc2ccc(CC)cc2)c1[N+](=O)[O-]. The van der Waals surface area contributed by atoms with E-state index in [2.05, 4.69) is 34.4 Å². The van der Waals surface area contributed by atoms with Gasteiger partial charge in [0.25, 0.3) is 0 Å². The molecule has 1 heterocycles. The Morgan fingerprint density at radius 3 is 2.43 bits per heavy atom. The molecule has 0 aliphatic carbocycles. The molecule has 0 atom stereocenters. The summed E-state index contributed by atoms with van der Waals surface area (Å²) < 4.78 is 0. The fraction of sp³-hybridized carbons (Fsp3) is 0.375. The topological polar surface area (TPSA) is 93.0 Å². The van der Waals surface area contributed by atoms with Gasteiger partial charge in [-0.1, -0.05) is 32.4 Å². The monoisotopic (exact) mass is 315 g/mol. The summed E-state index contributed by atoms with van der Waals surface area (Å²) in [5, 5.41) is 17.4. The summed E-state index contributed by atoms with van der Waals surface area (Å²) in [5.41, 5.74) is 1.82. The van der Waals surface area contributed by atoms with Gasteiger partial charge in [0.15, 0.2) is 0 Å². The van der Waals surface area contributed by atoms with Crippen molar-refractivity contribution in [2.24, 2.45) is 0 Å². The first-order chi connectivity index (χ1) is 11.2. The van der Waals surface area contributed by atoms with Crippen LogP contribution in [-0.4, -0.2) is 21.4 Å². The van der Waals surface area contributed by atoms with E-state index in [9.17, 15) is 10.1 Å². The molecule has 0 radical (unpaired) electrons. The van der Waals surface area contributed by atoms with Crippen molar-refractivity contribution >= 4 is 23.0 Å². The van der Waals surface area contributed by atoms with Crippen LogP contribution >= 0.6 is 0 Å². The van der Waals surface area contributed by atoms with Crippen LogP contribution < -0.4 is 10.6 Å². The van der Waals surface area contributed by atoms with E-state index in [0.29, 0.717) is 6.54 Å². The molecule has 0 saturated carbocycles. The highest BCUT2D eigenvalue weighted by Crippen LogP contribution is 2.31. The molecule has 1 aromatic heterocycles. The molecule has 0 aliphatic rings. The first-order valence-electron chi connectivity index (χ1n) is 7.75. The highest BCUT2D eigenvalue weighted by atomic mass is 16.6. The zero-order valence-electron chi connectivity index (χ0n) is 13.4.